The standard InChI is InChI=1S/C13H22N2O4/c1-13(8-19-7-10(13)14)12(18)15-4-2-9(3-5-15)6-11(16)17/h9-10H,2-8,14H2,1H3,(H,16,17). The highest BCUT2D eigenvalue weighted by atomic mass is 16.5. The van der Waals surface area contributed by atoms with Crippen LogP contribution in [0.15, 0.2) is 0 Å². The van der Waals surface area contributed by atoms with Gasteiger partial charge in [0.05, 0.1) is 18.6 Å². The van der Waals surface area contributed by atoms with Crippen molar-refractivity contribution in [1.29, 1.82) is 0 Å². The van der Waals surface area contributed by atoms with E-state index in [9.17, 15) is 9.59 Å². The first-order chi connectivity index (χ1) is 8.93. The molecule has 2 aliphatic rings. The molecule has 1 amide bonds. The zero-order valence-electron chi connectivity index (χ0n) is 11.3. The number of carbonyl (C=O) groups is 2. The molecule has 2 heterocycles. The van der Waals surface area contributed by atoms with Crippen LogP contribution in [0.4, 0.5) is 0 Å². The van der Waals surface area contributed by atoms with Crippen molar-refractivity contribution < 1.29 is 19.4 Å². The van der Waals surface area contributed by atoms with Crippen molar-refractivity contribution in [3.63, 3.8) is 0 Å². The monoisotopic (exact) mass is 270 g/mol. The van der Waals surface area contributed by atoms with Crippen LogP contribution in [0, 0.1) is 11.3 Å². The lowest BCUT2D eigenvalue weighted by Gasteiger charge is -2.37. The van der Waals surface area contributed by atoms with Gasteiger partial charge >= 0.3 is 5.97 Å². The number of carboxylic acids is 1. The van der Waals surface area contributed by atoms with Gasteiger partial charge in [0.1, 0.15) is 0 Å². The van der Waals surface area contributed by atoms with Gasteiger partial charge in [0.15, 0.2) is 0 Å². The van der Waals surface area contributed by atoms with Crippen molar-refractivity contribution >= 4 is 11.9 Å². The highest BCUT2D eigenvalue weighted by molar-refractivity contribution is 5.83. The van der Waals surface area contributed by atoms with Gasteiger partial charge in [0.25, 0.3) is 0 Å². The molecular formula is C13H22N2O4. The molecule has 108 valence electrons. The fraction of sp³-hybridized carbons (Fsp3) is 0.846. The molecule has 0 saturated carbocycles. The summed E-state index contributed by atoms with van der Waals surface area (Å²) in [5, 5.41) is 8.78. The third kappa shape index (κ3) is 2.90. The predicted octanol–water partition coefficient (Wildman–Crippen LogP) is 0.0635. The molecule has 2 fully saturated rings. The van der Waals surface area contributed by atoms with Crippen LogP contribution >= 0.6 is 0 Å². The van der Waals surface area contributed by atoms with Crippen LogP contribution in [0.5, 0.6) is 0 Å². The largest absolute Gasteiger partial charge is 0.481 e. The highest BCUT2D eigenvalue weighted by Gasteiger charge is 2.46. The number of nitrogens with two attached hydrogens (primary N) is 1. The van der Waals surface area contributed by atoms with Gasteiger partial charge in [-0.05, 0) is 25.7 Å². The minimum atomic E-state index is -0.761. The number of aliphatic carboxylic acids is 1. The first-order valence-electron chi connectivity index (χ1n) is 6.78. The Kier molecular flexibility index (Phi) is 4.10. The minimum Gasteiger partial charge on any atom is -0.481 e. The van der Waals surface area contributed by atoms with Crippen LogP contribution in [0.2, 0.25) is 0 Å². The molecule has 2 unspecified atom stereocenters. The van der Waals surface area contributed by atoms with E-state index in [1.807, 2.05) is 11.8 Å². The lowest BCUT2D eigenvalue weighted by atomic mass is 9.83. The van der Waals surface area contributed by atoms with Crippen molar-refractivity contribution in [1.82, 2.24) is 4.90 Å². The summed E-state index contributed by atoms with van der Waals surface area (Å²) >= 11 is 0. The fourth-order valence-electron chi connectivity index (χ4n) is 2.86. The fourth-order valence-corrected chi connectivity index (χ4v) is 2.86. The van der Waals surface area contributed by atoms with Crippen molar-refractivity contribution in [3.8, 4) is 0 Å². The molecule has 6 nitrogen and oxygen atoms in total. The van der Waals surface area contributed by atoms with E-state index in [0.717, 1.165) is 12.8 Å². The van der Waals surface area contributed by atoms with Crippen LogP contribution in [0.1, 0.15) is 26.2 Å². The van der Waals surface area contributed by atoms with Crippen LogP contribution < -0.4 is 5.73 Å². The second-order valence-electron chi connectivity index (χ2n) is 5.87. The number of likely N-dealkylation sites (tertiary alicyclic amines) is 1. The minimum absolute atomic E-state index is 0.0475. The summed E-state index contributed by atoms with van der Waals surface area (Å²) in [6.07, 6.45) is 1.70. The molecular weight excluding hydrogens is 248 g/mol. The van der Waals surface area contributed by atoms with E-state index in [1.54, 1.807) is 0 Å². The van der Waals surface area contributed by atoms with Crippen molar-refractivity contribution in [3.05, 3.63) is 0 Å². The van der Waals surface area contributed by atoms with Crippen molar-refractivity contribution in [2.24, 2.45) is 17.1 Å². The van der Waals surface area contributed by atoms with E-state index < -0.39 is 11.4 Å². The summed E-state index contributed by atoms with van der Waals surface area (Å²) in [4.78, 5) is 25.0. The number of carboxylic acid groups (broad SMARTS) is 1. The lowest BCUT2D eigenvalue weighted by molar-refractivity contribution is -0.143. The molecule has 0 aliphatic carbocycles. The molecule has 0 aromatic rings. The SMILES string of the molecule is CC1(C(=O)N2CCC(CC(=O)O)CC2)COCC1N. The topological polar surface area (TPSA) is 92.9 Å². The van der Waals surface area contributed by atoms with Crippen LogP contribution in [0.3, 0.4) is 0 Å². The number of hydrogen-bond acceptors (Lipinski definition) is 4. The third-order valence-corrected chi connectivity index (χ3v) is 4.37. The smallest absolute Gasteiger partial charge is 0.303 e. The molecule has 2 saturated heterocycles. The van der Waals surface area contributed by atoms with Gasteiger partial charge in [-0.3, -0.25) is 9.59 Å². The number of ether oxygens (including phenoxy) is 1. The number of nitrogens with zero attached hydrogens (tertiary/aromatic N) is 1. The molecule has 0 bridgehead atoms. The first-order valence-corrected chi connectivity index (χ1v) is 6.78. The molecule has 0 radical (unpaired) electrons. The zero-order valence-corrected chi connectivity index (χ0v) is 11.3. The van der Waals surface area contributed by atoms with Gasteiger partial charge in [0, 0.05) is 25.6 Å². The first kappa shape index (κ1) is 14.3. The van der Waals surface area contributed by atoms with Crippen molar-refractivity contribution in [2.45, 2.75) is 32.2 Å². The maximum absolute atomic E-state index is 12.5. The Labute approximate surface area is 112 Å². The van der Waals surface area contributed by atoms with Crippen LogP contribution in [-0.2, 0) is 14.3 Å². The quantitative estimate of drug-likeness (QED) is 0.756. The van der Waals surface area contributed by atoms with Crippen molar-refractivity contribution in [2.75, 3.05) is 26.3 Å². The number of rotatable bonds is 3. The Morgan fingerprint density at radius 2 is 2.05 bits per heavy atom. The van der Waals surface area contributed by atoms with E-state index in [1.165, 1.54) is 0 Å². The Balaban J connectivity index is 1.91. The van der Waals surface area contributed by atoms with Crippen LogP contribution in [-0.4, -0.2) is 54.2 Å². The summed E-state index contributed by atoms with van der Waals surface area (Å²) in [5.41, 5.74) is 5.34. The molecule has 0 aromatic carbocycles. The van der Waals surface area contributed by atoms with Gasteiger partial charge in [-0.15, -0.1) is 0 Å². The second-order valence-corrected chi connectivity index (χ2v) is 5.87. The zero-order chi connectivity index (χ0) is 14.0. The Hall–Kier alpha value is -1.14. The number of hydrogen-bond donors (Lipinski definition) is 2. The maximum Gasteiger partial charge on any atom is 0.303 e. The molecule has 19 heavy (non-hydrogen) atoms. The molecule has 2 aliphatic heterocycles. The summed E-state index contributed by atoms with van der Waals surface area (Å²) in [7, 11) is 0. The molecule has 6 heteroatoms. The van der Waals surface area contributed by atoms with Gasteiger partial charge < -0.3 is 20.5 Å². The van der Waals surface area contributed by atoms with E-state index in [0.29, 0.717) is 26.3 Å². The summed E-state index contributed by atoms with van der Waals surface area (Å²) in [6, 6.07) is -0.253. The maximum atomic E-state index is 12.5. The number of amides is 1. The van der Waals surface area contributed by atoms with Crippen LogP contribution in [0.25, 0.3) is 0 Å². The molecule has 2 rings (SSSR count). The summed E-state index contributed by atoms with van der Waals surface area (Å²) in [6.45, 7) is 3.91. The number of carbonyl (C=O) groups excluding carboxylic acids is 1. The average Bonchev–Trinajstić information content (AvgIpc) is 2.70. The average molecular weight is 270 g/mol. The second kappa shape index (κ2) is 5.46. The molecule has 0 spiro atoms. The van der Waals surface area contributed by atoms with Gasteiger partial charge in [-0.25, -0.2) is 0 Å². The van der Waals surface area contributed by atoms with Gasteiger partial charge in [-0.2, -0.15) is 0 Å². The van der Waals surface area contributed by atoms with Gasteiger partial charge in [-0.1, -0.05) is 0 Å². The summed E-state index contributed by atoms with van der Waals surface area (Å²) < 4.78 is 5.31. The van der Waals surface area contributed by atoms with E-state index in [4.69, 9.17) is 15.6 Å². The number of piperidine rings is 1. The lowest BCUT2D eigenvalue weighted by Crippen LogP contribution is -2.53. The molecule has 3 N–H and O–H groups in total. The Bertz CT molecular complexity index is 366. The van der Waals surface area contributed by atoms with E-state index in [2.05, 4.69) is 0 Å². The van der Waals surface area contributed by atoms with E-state index in [-0.39, 0.29) is 24.3 Å². The summed E-state index contributed by atoms with van der Waals surface area (Å²) in [5.74, 6) is -0.530. The third-order valence-electron chi connectivity index (χ3n) is 4.37. The Morgan fingerprint density at radius 3 is 2.53 bits per heavy atom. The molecule has 0 aromatic heterocycles. The molecule has 2 atom stereocenters. The Morgan fingerprint density at radius 1 is 1.42 bits per heavy atom. The predicted molar refractivity (Wildman–Crippen MR) is 68.5 cm³/mol. The normalized spacial score (nSPS) is 32.5. The highest BCUT2D eigenvalue weighted by Crippen LogP contribution is 2.31. The van der Waals surface area contributed by atoms with Gasteiger partial charge in [0.2, 0.25) is 5.91 Å². The van der Waals surface area contributed by atoms with E-state index >= 15 is 0 Å².